The summed E-state index contributed by atoms with van der Waals surface area (Å²) in [6, 6.07) is 0. The molecule has 0 heterocycles. The third-order valence-corrected chi connectivity index (χ3v) is 3.59. The smallest absolute Gasteiger partial charge is 0.302 e. The van der Waals surface area contributed by atoms with Crippen LogP contribution in [-0.4, -0.2) is 12.1 Å². The van der Waals surface area contributed by atoms with Crippen LogP contribution in [0, 0.1) is 0 Å². The average Bonchev–Trinajstić information content (AvgIpc) is 2.37. The molecule has 0 spiro atoms. The molecule has 0 aliphatic rings. The van der Waals surface area contributed by atoms with Gasteiger partial charge in [0.15, 0.2) is 0 Å². The Balaban J connectivity index is 3.66. The van der Waals surface area contributed by atoms with E-state index in [1.807, 2.05) is 0 Å². The largest absolute Gasteiger partial charge is 0.463 e. The van der Waals surface area contributed by atoms with Gasteiger partial charge in [0, 0.05) is 6.92 Å². The van der Waals surface area contributed by atoms with Crippen molar-refractivity contribution in [3.8, 4) is 0 Å². The monoisotopic (exact) mass is 270 g/mol. The summed E-state index contributed by atoms with van der Waals surface area (Å²) in [7, 11) is 0. The molecule has 0 aliphatic carbocycles. The summed E-state index contributed by atoms with van der Waals surface area (Å²) < 4.78 is 5.42. The van der Waals surface area contributed by atoms with E-state index in [4.69, 9.17) is 4.74 Å². The summed E-state index contributed by atoms with van der Waals surface area (Å²) in [6.45, 7) is 6.00. The van der Waals surface area contributed by atoms with Crippen LogP contribution in [0.5, 0.6) is 0 Å². The minimum Gasteiger partial charge on any atom is -0.463 e. The van der Waals surface area contributed by atoms with Crippen LogP contribution < -0.4 is 0 Å². The molecule has 114 valence electrons. The number of carbonyl (C=O) groups excluding carboxylic acids is 1. The lowest BCUT2D eigenvalue weighted by Gasteiger charge is -2.17. The molecule has 0 amide bonds. The Morgan fingerprint density at radius 1 is 0.789 bits per heavy atom. The molecule has 0 aliphatic heterocycles. The Morgan fingerprint density at radius 2 is 1.21 bits per heavy atom. The highest BCUT2D eigenvalue weighted by atomic mass is 16.5. The highest BCUT2D eigenvalue weighted by molar-refractivity contribution is 5.66. The number of rotatable bonds is 13. The van der Waals surface area contributed by atoms with E-state index < -0.39 is 0 Å². The number of carbonyl (C=O) groups is 1. The van der Waals surface area contributed by atoms with Gasteiger partial charge in [-0.25, -0.2) is 0 Å². The molecule has 0 saturated heterocycles. The van der Waals surface area contributed by atoms with Gasteiger partial charge in [-0.15, -0.1) is 0 Å². The van der Waals surface area contributed by atoms with Gasteiger partial charge in [-0.2, -0.15) is 0 Å². The van der Waals surface area contributed by atoms with Crippen LogP contribution in [-0.2, 0) is 9.53 Å². The zero-order valence-electron chi connectivity index (χ0n) is 13.4. The molecule has 0 bridgehead atoms. The van der Waals surface area contributed by atoms with E-state index in [2.05, 4.69) is 13.8 Å². The standard InChI is InChI=1S/C17H34O2/c1-4-6-8-10-12-14-17(19-16(3)18)15-13-11-9-7-5-2/h17H,4-15H2,1-3H3. The fourth-order valence-corrected chi connectivity index (χ4v) is 2.45. The van der Waals surface area contributed by atoms with Gasteiger partial charge in [0.05, 0.1) is 0 Å². The van der Waals surface area contributed by atoms with Crippen LogP contribution in [0.25, 0.3) is 0 Å². The third kappa shape index (κ3) is 13.7. The maximum absolute atomic E-state index is 11.1. The van der Waals surface area contributed by atoms with Crippen LogP contribution >= 0.6 is 0 Å². The molecule has 0 unspecified atom stereocenters. The summed E-state index contributed by atoms with van der Waals surface area (Å²) in [4.78, 5) is 11.1. The SMILES string of the molecule is CCCCCCCC(CCCCCCC)OC(C)=O. The molecule has 2 heteroatoms. The summed E-state index contributed by atoms with van der Waals surface area (Å²) in [5, 5.41) is 0. The van der Waals surface area contributed by atoms with E-state index in [1.165, 1.54) is 71.1 Å². The molecular formula is C17H34O2. The first-order valence-electron chi connectivity index (χ1n) is 8.37. The molecule has 2 nitrogen and oxygen atoms in total. The van der Waals surface area contributed by atoms with E-state index in [9.17, 15) is 4.79 Å². The van der Waals surface area contributed by atoms with Crippen molar-refractivity contribution in [3.05, 3.63) is 0 Å². The normalized spacial score (nSPS) is 10.9. The second kappa shape index (κ2) is 13.9. The van der Waals surface area contributed by atoms with Crippen molar-refractivity contribution in [2.24, 2.45) is 0 Å². The van der Waals surface area contributed by atoms with Crippen LogP contribution in [0.1, 0.15) is 97.8 Å². The molecule has 19 heavy (non-hydrogen) atoms. The molecule has 0 saturated carbocycles. The predicted molar refractivity (Wildman–Crippen MR) is 82.3 cm³/mol. The molecule has 0 aromatic heterocycles. The van der Waals surface area contributed by atoms with Crippen LogP contribution in [0.2, 0.25) is 0 Å². The topological polar surface area (TPSA) is 26.3 Å². The summed E-state index contributed by atoms with van der Waals surface area (Å²) >= 11 is 0. The van der Waals surface area contributed by atoms with Crippen LogP contribution in [0.15, 0.2) is 0 Å². The number of esters is 1. The highest BCUT2D eigenvalue weighted by Gasteiger charge is 2.11. The lowest BCUT2D eigenvalue weighted by atomic mass is 10.0. The van der Waals surface area contributed by atoms with Gasteiger partial charge in [0.2, 0.25) is 0 Å². The molecule has 0 radical (unpaired) electrons. The Hall–Kier alpha value is -0.530. The van der Waals surface area contributed by atoms with Gasteiger partial charge in [0.1, 0.15) is 6.10 Å². The molecule has 0 N–H and O–H groups in total. The van der Waals surface area contributed by atoms with Crippen molar-refractivity contribution in [3.63, 3.8) is 0 Å². The van der Waals surface area contributed by atoms with Gasteiger partial charge >= 0.3 is 5.97 Å². The molecule has 0 atom stereocenters. The van der Waals surface area contributed by atoms with E-state index in [-0.39, 0.29) is 12.1 Å². The van der Waals surface area contributed by atoms with Gasteiger partial charge < -0.3 is 4.74 Å². The zero-order valence-corrected chi connectivity index (χ0v) is 13.4. The van der Waals surface area contributed by atoms with Crippen molar-refractivity contribution < 1.29 is 9.53 Å². The molecule has 0 aromatic carbocycles. The van der Waals surface area contributed by atoms with Gasteiger partial charge in [-0.1, -0.05) is 65.2 Å². The number of hydrogen-bond acceptors (Lipinski definition) is 2. The number of hydrogen-bond donors (Lipinski definition) is 0. The van der Waals surface area contributed by atoms with E-state index in [0.717, 1.165) is 12.8 Å². The number of ether oxygens (including phenoxy) is 1. The van der Waals surface area contributed by atoms with Crippen molar-refractivity contribution in [2.45, 2.75) is 104 Å². The molecule has 0 rings (SSSR count). The fourth-order valence-electron chi connectivity index (χ4n) is 2.45. The summed E-state index contributed by atoms with van der Waals surface area (Å²) in [6.07, 6.45) is 15.1. The van der Waals surface area contributed by atoms with Crippen LogP contribution in [0.4, 0.5) is 0 Å². The maximum Gasteiger partial charge on any atom is 0.302 e. The lowest BCUT2D eigenvalue weighted by Crippen LogP contribution is -2.16. The predicted octanol–water partition coefficient (Wildman–Crippen LogP) is 5.64. The van der Waals surface area contributed by atoms with Gasteiger partial charge in [0.25, 0.3) is 0 Å². The first-order chi connectivity index (χ1) is 9.20. The van der Waals surface area contributed by atoms with Crippen molar-refractivity contribution in [1.82, 2.24) is 0 Å². The first kappa shape index (κ1) is 18.5. The fraction of sp³-hybridized carbons (Fsp3) is 0.941. The second-order valence-corrected chi connectivity index (χ2v) is 5.64. The first-order valence-corrected chi connectivity index (χ1v) is 8.37. The number of unbranched alkanes of at least 4 members (excludes halogenated alkanes) is 8. The summed E-state index contributed by atoms with van der Waals surface area (Å²) in [5.41, 5.74) is 0. The third-order valence-electron chi connectivity index (χ3n) is 3.59. The average molecular weight is 270 g/mol. The molecular weight excluding hydrogens is 236 g/mol. The van der Waals surface area contributed by atoms with E-state index >= 15 is 0 Å². The zero-order chi connectivity index (χ0) is 14.3. The molecule has 0 fully saturated rings. The Labute approximate surface area is 120 Å². The lowest BCUT2D eigenvalue weighted by molar-refractivity contribution is -0.147. The van der Waals surface area contributed by atoms with E-state index in [0.29, 0.717) is 0 Å². The van der Waals surface area contributed by atoms with Crippen molar-refractivity contribution in [1.29, 1.82) is 0 Å². The Kier molecular flexibility index (Phi) is 13.5. The second-order valence-electron chi connectivity index (χ2n) is 5.64. The van der Waals surface area contributed by atoms with E-state index in [1.54, 1.807) is 0 Å². The van der Waals surface area contributed by atoms with Gasteiger partial charge in [-0.3, -0.25) is 4.79 Å². The minimum absolute atomic E-state index is 0.118. The van der Waals surface area contributed by atoms with Crippen LogP contribution in [0.3, 0.4) is 0 Å². The maximum atomic E-state index is 11.1. The quantitative estimate of drug-likeness (QED) is 0.320. The van der Waals surface area contributed by atoms with Crippen molar-refractivity contribution >= 4 is 5.97 Å². The summed E-state index contributed by atoms with van der Waals surface area (Å²) in [5.74, 6) is -0.118. The van der Waals surface area contributed by atoms with Gasteiger partial charge in [-0.05, 0) is 25.7 Å². The minimum atomic E-state index is -0.118. The van der Waals surface area contributed by atoms with Crippen molar-refractivity contribution in [2.75, 3.05) is 0 Å². The molecule has 0 aromatic rings. The highest BCUT2D eigenvalue weighted by Crippen LogP contribution is 2.16. The Bertz CT molecular complexity index is 187. The Morgan fingerprint density at radius 3 is 1.58 bits per heavy atom.